The van der Waals surface area contributed by atoms with Crippen LogP contribution < -0.4 is 5.56 Å². The number of hydrogen-bond donors (Lipinski definition) is 0. The number of aromatic nitrogens is 2. The Morgan fingerprint density at radius 2 is 1.76 bits per heavy atom. The molecule has 6 nitrogen and oxygen atoms in total. The van der Waals surface area contributed by atoms with Gasteiger partial charge in [0.15, 0.2) is 5.82 Å². The Bertz CT molecular complexity index is 1860. The minimum atomic E-state index is -0.937. The number of hydrogen-bond acceptors (Lipinski definition) is 3. The zero-order valence-electron chi connectivity index (χ0n) is 22.7. The van der Waals surface area contributed by atoms with E-state index in [2.05, 4.69) is 9.83 Å². The van der Waals surface area contributed by atoms with Crippen LogP contribution in [0.3, 0.4) is 0 Å². The van der Waals surface area contributed by atoms with E-state index in [1.54, 1.807) is 32.0 Å². The lowest BCUT2D eigenvalue weighted by molar-refractivity contribution is 0.0632. The maximum absolute atomic E-state index is 16.2. The van der Waals surface area contributed by atoms with Crippen LogP contribution in [0.1, 0.15) is 51.0 Å². The molecule has 2 aliphatic rings. The van der Waals surface area contributed by atoms with E-state index in [9.17, 15) is 14.0 Å². The van der Waals surface area contributed by atoms with Crippen LogP contribution in [0.15, 0.2) is 59.5 Å². The van der Waals surface area contributed by atoms with Gasteiger partial charge in [0.2, 0.25) is 0 Å². The Balaban J connectivity index is 1.38. The van der Waals surface area contributed by atoms with Crippen molar-refractivity contribution in [2.75, 3.05) is 13.1 Å². The molecule has 0 spiro atoms. The fourth-order valence-corrected chi connectivity index (χ4v) is 5.96. The lowest BCUT2D eigenvalue weighted by Crippen LogP contribution is -2.52. The molecule has 0 N–H and O–H groups in total. The number of carbonyl (C=O) groups excluding carboxylic acids is 1. The van der Waals surface area contributed by atoms with Crippen molar-refractivity contribution in [2.45, 2.75) is 38.1 Å². The van der Waals surface area contributed by atoms with Crippen molar-refractivity contribution in [3.8, 4) is 16.9 Å². The van der Waals surface area contributed by atoms with Gasteiger partial charge in [-0.15, -0.1) is 0 Å². The van der Waals surface area contributed by atoms with E-state index >= 15 is 8.78 Å². The monoisotopic (exact) mass is 588 g/mol. The summed E-state index contributed by atoms with van der Waals surface area (Å²) in [5, 5.41) is -0.0431. The number of rotatable bonds is 5. The average molecular weight is 589 g/mol. The number of aryl methyl sites for hydroxylation is 2. The molecule has 0 radical (unpaired) electrons. The lowest BCUT2D eigenvalue weighted by Gasteiger charge is -2.31. The third-order valence-corrected chi connectivity index (χ3v) is 8.45. The fourth-order valence-electron chi connectivity index (χ4n) is 5.68. The molecule has 1 aliphatic carbocycles. The van der Waals surface area contributed by atoms with Gasteiger partial charge in [0.25, 0.3) is 17.5 Å². The number of amides is 1. The van der Waals surface area contributed by atoms with Crippen LogP contribution in [0.25, 0.3) is 21.8 Å². The summed E-state index contributed by atoms with van der Waals surface area (Å²) in [6.45, 7) is 10.7. The number of likely N-dealkylation sites (tertiary alicyclic amines) is 1. The Kier molecular flexibility index (Phi) is 6.90. The maximum atomic E-state index is 16.2. The Labute approximate surface area is 244 Å². The van der Waals surface area contributed by atoms with Crippen LogP contribution in [0.2, 0.25) is 5.02 Å². The van der Waals surface area contributed by atoms with Crippen LogP contribution in [0, 0.1) is 37.9 Å². The minimum Gasteiger partial charge on any atom is -0.323 e. The predicted octanol–water partition coefficient (Wildman–Crippen LogP) is 6.60. The average Bonchev–Trinajstić information content (AvgIpc) is 3.73. The highest BCUT2D eigenvalue weighted by Crippen LogP contribution is 2.55. The second-order valence-corrected chi connectivity index (χ2v) is 11.2. The van der Waals surface area contributed by atoms with E-state index in [4.69, 9.17) is 18.2 Å². The van der Waals surface area contributed by atoms with E-state index in [1.165, 1.54) is 41.4 Å². The van der Waals surface area contributed by atoms with Crippen molar-refractivity contribution in [3.05, 3.63) is 127 Å². The summed E-state index contributed by atoms with van der Waals surface area (Å²) >= 11 is 6.59. The van der Waals surface area contributed by atoms with Crippen molar-refractivity contribution >= 4 is 17.5 Å². The first-order valence-corrected chi connectivity index (χ1v) is 13.8. The summed E-state index contributed by atoms with van der Waals surface area (Å²) < 4.78 is 46.4. The second-order valence-electron chi connectivity index (χ2n) is 10.8. The molecule has 2 fully saturated rings. The predicted molar refractivity (Wildman–Crippen MR) is 152 cm³/mol. The summed E-state index contributed by atoms with van der Waals surface area (Å²) in [6, 6.07) is 11.7. The highest BCUT2D eigenvalue weighted by Gasteiger charge is 2.42. The summed E-state index contributed by atoms with van der Waals surface area (Å²) in [6.07, 6.45) is 2.09. The van der Waals surface area contributed by atoms with Crippen molar-refractivity contribution in [1.82, 2.24) is 14.5 Å². The van der Waals surface area contributed by atoms with E-state index < -0.39 is 23.1 Å². The van der Waals surface area contributed by atoms with Crippen molar-refractivity contribution < 1.29 is 18.0 Å². The molecule has 1 amide bonds. The molecule has 10 heteroatoms. The number of carbonyl (C=O) groups is 1. The van der Waals surface area contributed by atoms with Crippen molar-refractivity contribution in [3.63, 3.8) is 0 Å². The van der Waals surface area contributed by atoms with Crippen LogP contribution in [-0.2, 0) is 0 Å². The zero-order chi connectivity index (χ0) is 29.9. The van der Waals surface area contributed by atoms with E-state index in [1.807, 2.05) is 0 Å². The smallest absolute Gasteiger partial charge is 0.274 e. The molecule has 1 aliphatic heterocycles. The molecule has 2 aromatic carbocycles. The largest absolute Gasteiger partial charge is 0.323 e. The topological polar surface area (TPSA) is 59.6 Å². The Hall–Kier alpha value is -4.42. The van der Waals surface area contributed by atoms with Crippen LogP contribution >= 0.6 is 11.6 Å². The van der Waals surface area contributed by atoms with Gasteiger partial charge in [0.05, 0.1) is 24.3 Å². The summed E-state index contributed by atoms with van der Waals surface area (Å²) in [4.78, 5) is 35.3. The van der Waals surface area contributed by atoms with Gasteiger partial charge < -0.3 is 9.74 Å². The van der Waals surface area contributed by atoms with Crippen molar-refractivity contribution in [1.29, 1.82) is 0 Å². The molecule has 4 aromatic rings. The standard InChI is InChI=1S/C32H24ClF3N4O2/c1-16-13-38-29(21-5-4-6-22(27(21)35)31(41)39-14-20(15-39)37-3)28(36)30(16)40-17(2)11-25(26(33)32(40)42)24-12-23(24)18-7-9-19(34)10-8-18/h4-11,13,20,23-24H,12,14-15H2,1-2H3/t23-,24+/m1/s1. The van der Waals surface area contributed by atoms with Gasteiger partial charge in [0, 0.05) is 17.5 Å². The second kappa shape index (κ2) is 10.4. The summed E-state index contributed by atoms with van der Waals surface area (Å²) in [5.74, 6) is -2.73. The molecule has 2 atom stereocenters. The van der Waals surface area contributed by atoms with Crippen molar-refractivity contribution in [2.24, 2.45) is 0 Å². The van der Waals surface area contributed by atoms with Gasteiger partial charge in [-0.2, -0.15) is 0 Å². The molecular weight excluding hydrogens is 565 g/mol. The highest BCUT2D eigenvalue weighted by molar-refractivity contribution is 6.31. The molecule has 0 bridgehead atoms. The van der Waals surface area contributed by atoms with Gasteiger partial charge in [0.1, 0.15) is 22.4 Å². The fraction of sp³-hybridized carbons (Fsp3) is 0.250. The number of nitrogens with zero attached hydrogens (tertiary/aromatic N) is 4. The maximum Gasteiger partial charge on any atom is 0.274 e. The Morgan fingerprint density at radius 3 is 2.45 bits per heavy atom. The molecule has 1 saturated carbocycles. The third-order valence-electron chi connectivity index (χ3n) is 8.07. The van der Waals surface area contributed by atoms with E-state index in [0.717, 1.165) is 16.6 Å². The SMILES string of the molecule is [C-]#[N+]C1CN(C(=O)c2cccc(-c3ncc(C)c(-n4c(C)cc([C@H]5C[C@@H]5c5ccc(F)cc5)c(Cl)c4=O)c3F)c2F)C1. The minimum absolute atomic E-state index is 0.0335. The number of halogens is 4. The molecule has 3 heterocycles. The highest BCUT2D eigenvalue weighted by atomic mass is 35.5. The van der Waals surface area contributed by atoms with Crippen LogP contribution in [0.4, 0.5) is 13.2 Å². The summed E-state index contributed by atoms with van der Waals surface area (Å²) in [7, 11) is 0. The number of benzene rings is 2. The first kappa shape index (κ1) is 27.7. The van der Waals surface area contributed by atoms with E-state index in [-0.39, 0.29) is 64.3 Å². The molecule has 6 rings (SSSR count). The van der Waals surface area contributed by atoms with Gasteiger partial charge in [-0.1, -0.05) is 29.8 Å². The first-order valence-electron chi connectivity index (χ1n) is 13.4. The molecule has 212 valence electrons. The van der Waals surface area contributed by atoms with Crippen LogP contribution in [-0.4, -0.2) is 39.5 Å². The molecule has 0 unspecified atom stereocenters. The third kappa shape index (κ3) is 4.56. The van der Waals surface area contributed by atoms with Gasteiger partial charge in [-0.25, -0.2) is 19.7 Å². The van der Waals surface area contributed by atoms with Gasteiger partial charge >= 0.3 is 0 Å². The molecule has 42 heavy (non-hydrogen) atoms. The van der Waals surface area contributed by atoms with Gasteiger partial charge in [-0.3, -0.25) is 19.1 Å². The lowest BCUT2D eigenvalue weighted by atomic mass is 10.0. The summed E-state index contributed by atoms with van der Waals surface area (Å²) in [5.41, 5.74) is 0.793. The first-order chi connectivity index (χ1) is 20.1. The van der Waals surface area contributed by atoms with Crippen LogP contribution in [0.5, 0.6) is 0 Å². The molecule has 1 saturated heterocycles. The normalized spacial score (nSPS) is 18.0. The molecular formula is C32H24ClF3N4O2. The quantitative estimate of drug-likeness (QED) is 0.247. The zero-order valence-corrected chi connectivity index (χ0v) is 23.4. The molecule has 2 aromatic heterocycles. The van der Waals surface area contributed by atoms with E-state index in [0.29, 0.717) is 16.8 Å². The number of pyridine rings is 2. The van der Waals surface area contributed by atoms with Gasteiger partial charge in [-0.05, 0) is 79.1 Å². The Morgan fingerprint density at radius 1 is 1.05 bits per heavy atom.